The van der Waals surface area contributed by atoms with Crippen LogP contribution in [0.1, 0.15) is 42.8 Å². The van der Waals surface area contributed by atoms with E-state index in [1.165, 1.54) is 11.4 Å². The number of carbonyl (C=O) groups is 1. The van der Waals surface area contributed by atoms with Crippen LogP contribution in [0.25, 0.3) is 10.2 Å². The highest BCUT2D eigenvalue weighted by atomic mass is 32.2. The molecule has 1 saturated heterocycles. The van der Waals surface area contributed by atoms with E-state index in [-0.39, 0.29) is 39.9 Å². The molecule has 1 aliphatic carbocycles. The second-order valence-electron chi connectivity index (χ2n) is 9.79. The Labute approximate surface area is 236 Å². The number of thiophene rings is 1. The fourth-order valence-corrected chi connectivity index (χ4v) is 8.43. The summed E-state index contributed by atoms with van der Waals surface area (Å²) in [4.78, 5) is 26.5. The number of alkyl halides is 3. The Hall–Kier alpha value is -2.60. The van der Waals surface area contributed by atoms with Crippen molar-refractivity contribution in [1.29, 1.82) is 0 Å². The summed E-state index contributed by atoms with van der Waals surface area (Å²) in [6.45, 7) is 5.50. The number of hydrogen-bond acceptors (Lipinski definition) is 11. The third-order valence-corrected chi connectivity index (χ3v) is 11.2. The summed E-state index contributed by atoms with van der Waals surface area (Å²) in [6, 6.07) is -0.166. The summed E-state index contributed by atoms with van der Waals surface area (Å²) in [5.74, 6) is 0.928. The molecular weight excluding hydrogens is 591 g/mol. The van der Waals surface area contributed by atoms with Gasteiger partial charge >= 0.3 is 12.3 Å². The normalized spacial score (nSPS) is 18.1. The Morgan fingerprint density at radius 1 is 1.20 bits per heavy atom. The third-order valence-electron chi connectivity index (χ3n) is 6.65. The van der Waals surface area contributed by atoms with Crippen LogP contribution >= 0.6 is 22.7 Å². The number of sulfonamides is 1. The number of methoxy groups -OCH3 is 1. The molecule has 2 N–H and O–H groups in total. The first-order valence-corrected chi connectivity index (χ1v) is 15.7. The van der Waals surface area contributed by atoms with Crippen molar-refractivity contribution in [2.75, 3.05) is 50.5 Å². The number of amides is 1. The molecular formula is C23H28F3N7O4S3. The van der Waals surface area contributed by atoms with Gasteiger partial charge in [0.25, 0.3) is 10.0 Å². The Bertz CT molecular complexity index is 1510. The summed E-state index contributed by atoms with van der Waals surface area (Å²) in [6.07, 6.45) is -3.50. The van der Waals surface area contributed by atoms with Crippen LogP contribution in [0.5, 0.6) is 0 Å². The summed E-state index contributed by atoms with van der Waals surface area (Å²) < 4.78 is 73.6. The van der Waals surface area contributed by atoms with Gasteiger partial charge in [0.05, 0.1) is 28.6 Å². The third kappa shape index (κ3) is 6.02. The van der Waals surface area contributed by atoms with Gasteiger partial charge in [0, 0.05) is 50.1 Å². The van der Waals surface area contributed by atoms with Crippen LogP contribution in [0, 0.1) is 6.92 Å². The molecule has 11 nitrogen and oxygen atoms in total. The zero-order chi connectivity index (χ0) is 28.8. The Balaban J connectivity index is 1.23. The molecule has 17 heteroatoms. The fraction of sp³-hybridized carbons (Fsp3) is 0.565. The largest absolute Gasteiger partial charge is 0.453 e. The van der Waals surface area contributed by atoms with Crippen molar-refractivity contribution in [3.05, 3.63) is 22.5 Å². The van der Waals surface area contributed by atoms with Crippen LogP contribution < -0.4 is 10.6 Å². The van der Waals surface area contributed by atoms with Gasteiger partial charge in [-0.05, 0) is 26.7 Å². The van der Waals surface area contributed by atoms with Crippen molar-refractivity contribution in [2.45, 2.75) is 49.0 Å². The predicted octanol–water partition coefficient (Wildman–Crippen LogP) is 4.34. The standard InChI is InChI=1S/C23H28F3N7O4S3/c1-12(27-19-17-16(15(11-38-17)23(24,25)26)29-18(30-19)14-4-5-14)10-32-6-8-33(9-7-32)40(35,36)20-13(2)28-21(39-20)31-22(34)37-3/h11-12,14H,4-10H2,1-3H3,(H,27,29,30)(H,28,31,34)/t12-/m0/s1. The lowest BCUT2D eigenvalue weighted by molar-refractivity contribution is -0.136. The molecule has 0 unspecified atom stereocenters. The SMILES string of the molecule is COC(=O)Nc1nc(C)c(S(=O)(=O)N2CCN(C[C@H](C)Nc3nc(C4CC4)nc4c(C(F)(F)F)csc34)CC2)s1. The number of aryl methyl sites for hydroxylation is 1. The van der Waals surface area contributed by atoms with Crippen molar-refractivity contribution in [3.63, 3.8) is 0 Å². The number of anilines is 2. The molecule has 0 bridgehead atoms. The average molecular weight is 620 g/mol. The number of piperazine rings is 1. The Morgan fingerprint density at radius 2 is 1.90 bits per heavy atom. The monoisotopic (exact) mass is 619 g/mol. The van der Waals surface area contributed by atoms with Crippen LogP contribution in [0.2, 0.25) is 0 Å². The molecule has 1 aliphatic heterocycles. The minimum atomic E-state index is -4.49. The number of hydrogen-bond donors (Lipinski definition) is 2. The van der Waals surface area contributed by atoms with E-state index in [2.05, 4.69) is 35.2 Å². The average Bonchev–Trinajstić information content (AvgIpc) is 3.53. The van der Waals surface area contributed by atoms with Crippen molar-refractivity contribution in [3.8, 4) is 0 Å². The van der Waals surface area contributed by atoms with Gasteiger partial charge in [-0.2, -0.15) is 17.5 Å². The predicted molar refractivity (Wildman–Crippen MR) is 146 cm³/mol. The second-order valence-corrected chi connectivity index (χ2v) is 13.8. The van der Waals surface area contributed by atoms with Crippen molar-refractivity contribution < 1.29 is 31.1 Å². The fourth-order valence-electron chi connectivity index (χ4n) is 4.51. The number of nitrogens with one attached hydrogen (secondary N) is 2. The second kappa shape index (κ2) is 11.0. The van der Waals surface area contributed by atoms with Crippen LogP contribution in [0.15, 0.2) is 9.59 Å². The number of nitrogens with zero attached hydrogens (tertiary/aromatic N) is 5. The van der Waals surface area contributed by atoms with E-state index >= 15 is 0 Å². The number of rotatable bonds is 8. The van der Waals surface area contributed by atoms with Crippen molar-refractivity contribution in [1.82, 2.24) is 24.2 Å². The smallest absolute Gasteiger partial charge is 0.419 e. The molecule has 40 heavy (non-hydrogen) atoms. The summed E-state index contributed by atoms with van der Waals surface area (Å²) >= 11 is 1.85. The summed E-state index contributed by atoms with van der Waals surface area (Å²) in [5, 5.41) is 6.90. The first-order valence-electron chi connectivity index (χ1n) is 12.5. The van der Waals surface area contributed by atoms with Crippen LogP contribution in [-0.4, -0.2) is 84.5 Å². The molecule has 1 saturated carbocycles. The number of thiazole rings is 1. The first-order chi connectivity index (χ1) is 18.9. The first kappa shape index (κ1) is 28.9. The minimum absolute atomic E-state index is 0.0637. The van der Waals surface area contributed by atoms with E-state index in [4.69, 9.17) is 0 Å². The molecule has 1 atom stereocenters. The topological polar surface area (TPSA) is 130 Å². The van der Waals surface area contributed by atoms with Gasteiger partial charge in [-0.1, -0.05) is 11.3 Å². The Kier molecular flexibility index (Phi) is 7.95. The van der Waals surface area contributed by atoms with Crippen LogP contribution in [0.4, 0.5) is 28.9 Å². The lowest BCUT2D eigenvalue weighted by Crippen LogP contribution is -2.50. The zero-order valence-electron chi connectivity index (χ0n) is 21.9. The van der Waals surface area contributed by atoms with E-state index in [0.29, 0.717) is 41.7 Å². The van der Waals surface area contributed by atoms with Crippen molar-refractivity contribution >= 4 is 60.0 Å². The maximum atomic E-state index is 13.6. The van der Waals surface area contributed by atoms with E-state index in [1.54, 1.807) is 6.92 Å². The van der Waals surface area contributed by atoms with Gasteiger partial charge in [0.2, 0.25) is 0 Å². The molecule has 0 spiro atoms. The van der Waals surface area contributed by atoms with E-state index in [9.17, 15) is 26.4 Å². The molecule has 3 aromatic rings. The molecule has 2 fully saturated rings. The molecule has 0 aromatic carbocycles. The van der Waals surface area contributed by atoms with Gasteiger partial charge in [-0.25, -0.2) is 28.2 Å². The molecule has 2 aliphatic rings. The zero-order valence-corrected chi connectivity index (χ0v) is 24.4. The molecule has 218 valence electrons. The van der Waals surface area contributed by atoms with Gasteiger partial charge in [0.1, 0.15) is 11.6 Å². The van der Waals surface area contributed by atoms with E-state index < -0.39 is 27.9 Å². The number of aromatic nitrogens is 3. The molecule has 0 radical (unpaired) electrons. The number of carbonyl (C=O) groups excluding carboxylic acids is 1. The highest BCUT2D eigenvalue weighted by Gasteiger charge is 2.37. The van der Waals surface area contributed by atoms with Crippen LogP contribution in [-0.2, 0) is 20.9 Å². The summed E-state index contributed by atoms with van der Waals surface area (Å²) in [7, 11) is -2.61. The molecule has 1 amide bonds. The number of halogens is 3. The molecule has 4 heterocycles. The van der Waals surface area contributed by atoms with Gasteiger partial charge in [-0.3, -0.25) is 10.2 Å². The lowest BCUT2D eigenvalue weighted by atomic mass is 10.2. The Morgan fingerprint density at radius 3 is 2.52 bits per heavy atom. The van der Waals surface area contributed by atoms with E-state index in [1.807, 2.05) is 6.92 Å². The molecule has 3 aromatic heterocycles. The van der Waals surface area contributed by atoms with E-state index in [0.717, 1.165) is 40.9 Å². The van der Waals surface area contributed by atoms with Crippen molar-refractivity contribution in [2.24, 2.45) is 0 Å². The highest BCUT2D eigenvalue weighted by Crippen LogP contribution is 2.44. The van der Waals surface area contributed by atoms with Gasteiger partial charge in [-0.15, -0.1) is 11.3 Å². The van der Waals surface area contributed by atoms with Crippen LogP contribution in [0.3, 0.4) is 0 Å². The van der Waals surface area contributed by atoms with Gasteiger partial charge in [0.15, 0.2) is 9.34 Å². The maximum absolute atomic E-state index is 13.6. The minimum Gasteiger partial charge on any atom is -0.453 e. The number of ether oxygens (including phenoxy) is 1. The highest BCUT2D eigenvalue weighted by molar-refractivity contribution is 7.91. The summed E-state index contributed by atoms with van der Waals surface area (Å²) in [5.41, 5.74) is -0.513. The lowest BCUT2D eigenvalue weighted by Gasteiger charge is -2.35. The molecule has 5 rings (SSSR count). The number of fused-ring (bicyclic) bond motifs is 1. The maximum Gasteiger partial charge on any atom is 0.419 e. The van der Waals surface area contributed by atoms with Gasteiger partial charge < -0.3 is 10.1 Å². The quantitative estimate of drug-likeness (QED) is 0.378.